The third-order valence-electron chi connectivity index (χ3n) is 4.70. The topological polar surface area (TPSA) is 15.3 Å². The normalized spacial score (nSPS) is 20.4. The Hall–Kier alpha value is -1.54. The van der Waals surface area contributed by atoms with Crippen LogP contribution in [0.2, 0.25) is 0 Å². The first kappa shape index (κ1) is 13.4. The Kier molecular flexibility index (Phi) is 3.66. The number of nitrogens with zero attached hydrogens (tertiary/aromatic N) is 1. The quantitative estimate of drug-likeness (QED) is 0.874. The Labute approximate surface area is 122 Å². The molecule has 1 aromatic carbocycles. The number of nitrogens with one attached hydrogen (secondary N) is 1. The molecular formula is C18H24N2. The molecule has 106 valence electrons. The maximum atomic E-state index is 4.37. The molecule has 20 heavy (non-hydrogen) atoms. The molecular weight excluding hydrogens is 244 g/mol. The number of piperidine rings is 1. The zero-order chi connectivity index (χ0) is 14.1. The van der Waals surface area contributed by atoms with Gasteiger partial charge in [-0.05, 0) is 74.5 Å². The monoisotopic (exact) mass is 268 g/mol. The van der Waals surface area contributed by atoms with Gasteiger partial charge in [0.25, 0.3) is 0 Å². The van der Waals surface area contributed by atoms with Gasteiger partial charge in [-0.3, -0.25) is 0 Å². The molecule has 0 unspecified atom stereocenters. The lowest BCUT2D eigenvalue weighted by molar-refractivity contribution is 0.248. The van der Waals surface area contributed by atoms with E-state index in [-0.39, 0.29) is 0 Å². The van der Waals surface area contributed by atoms with Gasteiger partial charge < -0.3 is 10.2 Å². The van der Waals surface area contributed by atoms with Crippen LogP contribution in [-0.4, -0.2) is 25.0 Å². The lowest BCUT2D eigenvalue weighted by atomic mass is 9.85. The van der Waals surface area contributed by atoms with E-state index in [0.29, 0.717) is 5.92 Å². The van der Waals surface area contributed by atoms with E-state index in [9.17, 15) is 0 Å². The number of fused-ring (bicyclic) bond motifs is 1. The number of likely N-dealkylation sites (tertiary alicyclic amines) is 1. The summed E-state index contributed by atoms with van der Waals surface area (Å²) >= 11 is 0. The largest absolute Gasteiger partial charge is 0.359 e. The van der Waals surface area contributed by atoms with Gasteiger partial charge in [0.05, 0.1) is 0 Å². The van der Waals surface area contributed by atoms with Crippen molar-refractivity contribution < 1.29 is 0 Å². The van der Waals surface area contributed by atoms with E-state index in [1.807, 2.05) is 0 Å². The van der Waals surface area contributed by atoms with Gasteiger partial charge in [0.2, 0.25) is 0 Å². The molecule has 2 heterocycles. The number of aryl methyl sites for hydroxylation is 1. The highest BCUT2D eigenvalue weighted by molar-refractivity contribution is 5.71. The maximum Gasteiger partial charge on any atom is 0.0420 e. The Morgan fingerprint density at radius 2 is 2.00 bits per heavy atom. The Balaban J connectivity index is 1.78. The van der Waals surface area contributed by atoms with Crippen molar-refractivity contribution >= 4 is 11.3 Å². The first-order valence-corrected chi connectivity index (χ1v) is 7.59. The van der Waals surface area contributed by atoms with E-state index >= 15 is 0 Å². The first-order valence-electron chi connectivity index (χ1n) is 7.59. The van der Waals surface area contributed by atoms with E-state index < -0.39 is 0 Å². The number of rotatable bonds is 2. The van der Waals surface area contributed by atoms with Gasteiger partial charge in [0.1, 0.15) is 0 Å². The number of allylic oxidation sites excluding steroid dienone is 2. The Morgan fingerprint density at radius 3 is 2.75 bits per heavy atom. The fourth-order valence-corrected chi connectivity index (χ4v) is 3.24. The lowest BCUT2D eigenvalue weighted by Gasteiger charge is -2.31. The molecule has 1 N–H and O–H groups in total. The summed E-state index contributed by atoms with van der Waals surface area (Å²) in [4.78, 5) is 2.40. The summed E-state index contributed by atoms with van der Waals surface area (Å²) in [5.41, 5.74) is 6.35. The predicted octanol–water partition coefficient (Wildman–Crippen LogP) is 3.91. The molecule has 0 atom stereocenters. The van der Waals surface area contributed by atoms with Crippen LogP contribution in [0.25, 0.3) is 5.57 Å². The highest BCUT2D eigenvalue weighted by atomic mass is 15.1. The van der Waals surface area contributed by atoms with E-state index in [4.69, 9.17) is 0 Å². The zero-order valence-corrected chi connectivity index (χ0v) is 12.4. The van der Waals surface area contributed by atoms with Crippen molar-refractivity contribution in [3.8, 4) is 0 Å². The molecule has 3 rings (SSSR count). The van der Waals surface area contributed by atoms with Crippen molar-refractivity contribution in [1.29, 1.82) is 0 Å². The van der Waals surface area contributed by atoms with Crippen molar-refractivity contribution in [1.82, 2.24) is 4.90 Å². The Morgan fingerprint density at radius 1 is 1.25 bits per heavy atom. The predicted molar refractivity (Wildman–Crippen MR) is 86.8 cm³/mol. The van der Waals surface area contributed by atoms with Gasteiger partial charge in [0.15, 0.2) is 0 Å². The van der Waals surface area contributed by atoms with Crippen LogP contribution >= 0.6 is 0 Å². The van der Waals surface area contributed by atoms with E-state index in [1.54, 1.807) is 0 Å². The van der Waals surface area contributed by atoms with E-state index in [2.05, 4.69) is 48.6 Å². The van der Waals surface area contributed by atoms with Crippen LogP contribution in [0.15, 0.2) is 37.1 Å². The molecule has 2 aliphatic heterocycles. The highest BCUT2D eigenvalue weighted by Gasteiger charge is 2.21. The molecule has 1 fully saturated rings. The molecule has 1 saturated heterocycles. The second kappa shape index (κ2) is 5.45. The minimum absolute atomic E-state index is 0.635. The van der Waals surface area contributed by atoms with Gasteiger partial charge in [-0.25, -0.2) is 0 Å². The second-order valence-corrected chi connectivity index (χ2v) is 6.20. The summed E-state index contributed by atoms with van der Waals surface area (Å²) in [6, 6.07) is 6.76. The fourth-order valence-electron chi connectivity index (χ4n) is 3.24. The lowest BCUT2D eigenvalue weighted by Crippen LogP contribution is -2.30. The molecule has 0 saturated carbocycles. The van der Waals surface area contributed by atoms with Gasteiger partial charge in [-0.15, -0.1) is 0 Å². The summed E-state index contributed by atoms with van der Waals surface area (Å²) in [6.45, 7) is 10.8. The summed E-state index contributed by atoms with van der Waals surface area (Å²) in [6.07, 6.45) is 4.60. The molecule has 0 spiro atoms. The number of anilines is 1. The van der Waals surface area contributed by atoms with Crippen LogP contribution in [0, 0.1) is 5.92 Å². The van der Waals surface area contributed by atoms with Gasteiger partial charge >= 0.3 is 0 Å². The zero-order valence-electron chi connectivity index (χ0n) is 12.4. The summed E-state index contributed by atoms with van der Waals surface area (Å²) in [7, 11) is 2.20. The van der Waals surface area contributed by atoms with Crippen LogP contribution in [0.4, 0.5) is 5.69 Å². The standard InChI is InChI=1S/C18H24N2/c1-13-4-5-16-6-7-17(12-18(16)19-13)14(2)15-8-10-20(3)11-9-15/h6-7,12,15,19H,1-2,4-5,8-11H2,3H3. The highest BCUT2D eigenvalue weighted by Crippen LogP contribution is 2.34. The first-order chi connectivity index (χ1) is 9.63. The molecule has 1 aromatic rings. The fraction of sp³-hybridized carbons (Fsp3) is 0.444. The van der Waals surface area contributed by atoms with Crippen LogP contribution in [0.1, 0.15) is 30.4 Å². The molecule has 2 aliphatic rings. The molecule has 2 nitrogen and oxygen atoms in total. The van der Waals surface area contributed by atoms with Gasteiger partial charge in [-0.1, -0.05) is 25.3 Å². The van der Waals surface area contributed by atoms with Gasteiger partial charge in [-0.2, -0.15) is 0 Å². The summed E-state index contributed by atoms with van der Waals surface area (Å²) in [5, 5.41) is 3.42. The maximum absolute atomic E-state index is 4.37. The van der Waals surface area contributed by atoms with Crippen molar-refractivity contribution in [3.05, 3.63) is 48.2 Å². The third kappa shape index (κ3) is 2.66. The summed E-state index contributed by atoms with van der Waals surface area (Å²) in [5.74, 6) is 0.635. The number of hydrogen-bond donors (Lipinski definition) is 1. The van der Waals surface area contributed by atoms with Crippen LogP contribution in [0.3, 0.4) is 0 Å². The van der Waals surface area contributed by atoms with Crippen molar-refractivity contribution in [2.75, 3.05) is 25.5 Å². The van der Waals surface area contributed by atoms with Crippen LogP contribution in [-0.2, 0) is 6.42 Å². The Bertz CT molecular complexity index is 536. The average Bonchev–Trinajstić information content (AvgIpc) is 2.46. The minimum atomic E-state index is 0.635. The SMILES string of the molecule is C=C1CCc2ccc(C(=C)C3CCN(C)CC3)cc2N1. The van der Waals surface area contributed by atoms with Crippen molar-refractivity contribution in [3.63, 3.8) is 0 Å². The van der Waals surface area contributed by atoms with Crippen LogP contribution in [0.5, 0.6) is 0 Å². The van der Waals surface area contributed by atoms with Gasteiger partial charge in [0, 0.05) is 11.4 Å². The molecule has 0 radical (unpaired) electrons. The summed E-state index contributed by atoms with van der Waals surface area (Å²) < 4.78 is 0. The number of hydrogen-bond acceptors (Lipinski definition) is 2. The van der Waals surface area contributed by atoms with E-state index in [1.165, 1.54) is 48.3 Å². The second-order valence-electron chi connectivity index (χ2n) is 6.20. The molecule has 2 heteroatoms. The van der Waals surface area contributed by atoms with Crippen LogP contribution < -0.4 is 5.32 Å². The molecule has 0 aromatic heterocycles. The van der Waals surface area contributed by atoms with Crippen molar-refractivity contribution in [2.45, 2.75) is 25.7 Å². The number of benzene rings is 1. The average molecular weight is 268 g/mol. The molecule has 0 bridgehead atoms. The van der Waals surface area contributed by atoms with E-state index in [0.717, 1.165) is 18.5 Å². The molecule has 0 aliphatic carbocycles. The third-order valence-corrected chi connectivity index (χ3v) is 4.70. The van der Waals surface area contributed by atoms with Crippen molar-refractivity contribution in [2.24, 2.45) is 5.92 Å². The minimum Gasteiger partial charge on any atom is -0.359 e. The molecule has 0 amide bonds. The smallest absolute Gasteiger partial charge is 0.0420 e.